The van der Waals surface area contributed by atoms with Crippen LogP contribution in [0.5, 0.6) is 0 Å². The molecule has 0 saturated heterocycles. The predicted octanol–water partition coefficient (Wildman–Crippen LogP) is 2.00. The van der Waals surface area contributed by atoms with Crippen LogP contribution in [0.15, 0.2) is 35.5 Å². The van der Waals surface area contributed by atoms with Crippen LogP contribution in [0.25, 0.3) is 10.9 Å². The molecule has 0 radical (unpaired) electrons. The van der Waals surface area contributed by atoms with Crippen molar-refractivity contribution in [3.05, 3.63) is 36.0 Å². The topological polar surface area (TPSA) is 57.2 Å². The maximum Gasteiger partial charge on any atom is 0.257 e. The average Bonchev–Trinajstić information content (AvgIpc) is 2.97. The van der Waals surface area contributed by atoms with Gasteiger partial charge in [0.15, 0.2) is 5.17 Å². The fourth-order valence-corrected chi connectivity index (χ4v) is 2.49. The molecule has 0 saturated carbocycles. The lowest BCUT2D eigenvalue weighted by atomic mass is 10.1. The van der Waals surface area contributed by atoms with E-state index in [0.29, 0.717) is 5.56 Å². The summed E-state index contributed by atoms with van der Waals surface area (Å²) in [7, 11) is 0. The molecule has 2 aromatic rings. The third-order valence-corrected chi connectivity index (χ3v) is 3.51. The van der Waals surface area contributed by atoms with Crippen LogP contribution in [-0.2, 0) is 0 Å². The molecule has 86 valence electrons. The van der Waals surface area contributed by atoms with E-state index in [4.69, 9.17) is 0 Å². The fraction of sp³-hybridized carbons (Fsp3) is 0.167. The molecule has 1 aromatic carbocycles. The Morgan fingerprint density at radius 2 is 2.35 bits per heavy atom. The van der Waals surface area contributed by atoms with Crippen LogP contribution in [0, 0.1) is 0 Å². The number of amides is 1. The van der Waals surface area contributed by atoms with Crippen LogP contribution in [0.1, 0.15) is 10.4 Å². The number of aromatic amines is 1. The van der Waals surface area contributed by atoms with Crippen LogP contribution in [0.2, 0.25) is 0 Å². The van der Waals surface area contributed by atoms with Crippen molar-refractivity contribution in [2.24, 2.45) is 4.99 Å². The first-order valence-corrected chi connectivity index (χ1v) is 6.37. The molecule has 1 aromatic heterocycles. The van der Waals surface area contributed by atoms with Gasteiger partial charge < -0.3 is 10.3 Å². The molecule has 0 atom stereocenters. The molecule has 1 aliphatic heterocycles. The SMILES string of the molecule is O=C(NC1=NCCS1)c1ccc2cc[nH]c2c1. The minimum absolute atomic E-state index is 0.102. The molecule has 1 amide bonds. The number of nitrogens with zero attached hydrogens (tertiary/aromatic N) is 1. The third kappa shape index (κ3) is 2.06. The fourth-order valence-electron chi connectivity index (χ4n) is 1.77. The summed E-state index contributed by atoms with van der Waals surface area (Å²) in [6, 6.07) is 7.59. The molecule has 4 nitrogen and oxygen atoms in total. The molecular weight excluding hydrogens is 234 g/mol. The molecule has 0 aliphatic carbocycles. The second kappa shape index (κ2) is 4.25. The second-order valence-corrected chi connectivity index (χ2v) is 4.85. The lowest BCUT2D eigenvalue weighted by molar-refractivity contribution is 0.0978. The lowest BCUT2D eigenvalue weighted by Gasteiger charge is -2.03. The number of aromatic nitrogens is 1. The highest BCUT2D eigenvalue weighted by Gasteiger charge is 2.12. The van der Waals surface area contributed by atoms with Crippen molar-refractivity contribution in [3.8, 4) is 0 Å². The number of hydrogen-bond acceptors (Lipinski definition) is 3. The number of H-pyrrole nitrogens is 1. The molecule has 2 N–H and O–H groups in total. The van der Waals surface area contributed by atoms with Gasteiger partial charge >= 0.3 is 0 Å². The summed E-state index contributed by atoms with van der Waals surface area (Å²) in [6.07, 6.45) is 1.86. The van der Waals surface area contributed by atoms with Crippen LogP contribution in [0.3, 0.4) is 0 Å². The van der Waals surface area contributed by atoms with Gasteiger partial charge in [-0.3, -0.25) is 9.79 Å². The van der Waals surface area contributed by atoms with Crippen LogP contribution in [0.4, 0.5) is 0 Å². The van der Waals surface area contributed by atoms with Gasteiger partial charge in [0.25, 0.3) is 5.91 Å². The third-order valence-electron chi connectivity index (χ3n) is 2.62. The first kappa shape index (κ1) is 10.4. The molecule has 5 heteroatoms. The largest absolute Gasteiger partial charge is 0.361 e. The van der Waals surface area contributed by atoms with Crippen molar-refractivity contribution in [2.75, 3.05) is 12.3 Å². The Labute approximate surface area is 103 Å². The first-order valence-electron chi connectivity index (χ1n) is 5.39. The molecule has 0 unspecified atom stereocenters. The maximum absolute atomic E-state index is 11.9. The number of amidine groups is 1. The van der Waals surface area contributed by atoms with E-state index in [1.165, 1.54) is 0 Å². The van der Waals surface area contributed by atoms with E-state index in [1.54, 1.807) is 11.8 Å². The van der Waals surface area contributed by atoms with Gasteiger partial charge in [0.05, 0.1) is 6.54 Å². The predicted molar refractivity (Wildman–Crippen MR) is 70.5 cm³/mol. The van der Waals surface area contributed by atoms with Crippen LogP contribution in [-0.4, -0.2) is 28.4 Å². The highest BCUT2D eigenvalue weighted by molar-refractivity contribution is 8.14. The number of thioether (sulfide) groups is 1. The Balaban J connectivity index is 1.84. The number of carbonyl (C=O) groups is 1. The van der Waals surface area contributed by atoms with E-state index >= 15 is 0 Å². The number of fused-ring (bicyclic) bond motifs is 1. The van der Waals surface area contributed by atoms with Crippen molar-refractivity contribution >= 4 is 33.7 Å². The number of aliphatic imine (C=N–C) groups is 1. The van der Waals surface area contributed by atoms with Gasteiger partial charge in [0, 0.05) is 23.0 Å². The van der Waals surface area contributed by atoms with Crippen molar-refractivity contribution in [1.29, 1.82) is 0 Å². The van der Waals surface area contributed by atoms with Crippen LogP contribution >= 0.6 is 11.8 Å². The summed E-state index contributed by atoms with van der Waals surface area (Å²) in [4.78, 5) is 19.2. The Kier molecular flexibility index (Phi) is 2.60. The van der Waals surface area contributed by atoms with Gasteiger partial charge in [-0.2, -0.15) is 0 Å². The van der Waals surface area contributed by atoms with Crippen molar-refractivity contribution < 1.29 is 4.79 Å². The summed E-state index contributed by atoms with van der Waals surface area (Å²) in [5.41, 5.74) is 1.62. The second-order valence-electron chi connectivity index (χ2n) is 3.77. The van der Waals surface area contributed by atoms with Gasteiger partial charge in [-0.25, -0.2) is 0 Å². The average molecular weight is 245 g/mol. The van der Waals surface area contributed by atoms with E-state index in [9.17, 15) is 4.79 Å². The van der Waals surface area contributed by atoms with Gasteiger partial charge in [-0.15, -0.1) is 0 Å². The zero-order valence-corrected chi connectivity index (χ0v) is 9.88. The monoisotopic (exact) mass is 245 g/mol. The van der Waals surface area contributed by atoms with Crippen molar-refractivity contribution in [1.82, 2.24) is 10.3 Å². The molecule has 1 aliphatic rings. The lowest BCUT2D eigenvalue weighted by Crippen LogP contribution is -2.27. The molecule has 3 rings (SSSR count). The number of benzene rings is 1. The van der Waals surface area contributed by atoms with Crippen molar-refractivity contribution in [2.45, 2.75) is 0 Å². The molecular formula is C12H11N3OS. The van der Waals surface area contributed by atoms with Gasteiger partial charge in [0.2, 0.25) is 0 Å². The normalized spacial score (nSPS) is 14.9. The first-order chi connectivity index (χ1) is 8.33. The Hall–Kier alpha value is -1.75. The minimum atomic E-state index is -0.102. The number of carbonyl (C=O) groups excluding carboxylic acids is 1. The molecule has 2 heterocycles. The zero-order valence-electron chi connectivity index (χ0n) is 9.06. The summed E-state index contributed by atoms with van der Waals surface area (Å²) in [5.74, 6) is 0.848. The van der Waals surface area contributed by atoms with E-state index in [1.807, 2.05) is 30.5 Å². The summed E-state index contributed by atoms with van der Waals surface area (Å²) >= 11 is 1.58. The minimum Gasteiger partial charge on any atom is -0.361 e. The van der Waals surface area contributed by atoms with Gasteiger partial charge in [-0.1, -0.05) is 17.8 Å². The van der Waals surface area contributed by atoms with Gasteiger partial charge in [-0.05, 0) is 23.6 Å². The zero-order chi connectivity index (χ0) is 11.7. The highest BCUT2D eigenvalue weighted by Crippen LogP contribution is 2.15. The van der Waals surface area contributed by atoms with E-state index in [0.717, 1.165) is 28.4 Å². The Morgan fingerprint density at radius 3 is 3.18 bits per heavy atom. The number of nitrogens with one attached hydrogen (secondary N) is 2. The van der Waals surface area contributed by atoms with E-state index in [-0.39, 0.29) is 5.91 Å². The van der Waals surface area contributed by atoms with Crippen molar-refractivity contribution in [3.63, 3.8) is 0 Å². The standard InChI is InChI=1S/C12H11N3OS/c16-11(15-12-14-5-6-17-12)9-2-1-8-3-4-13-10(8)7-9/h1-4,7,13H,5-6H2,(H,14,15,16). The van der Waals surface area contributed by atoms with Crippen LogP contribution < -0.4 is 5.32 Å². The molecule has 0 spiro atoms. The number of rotatable bonds is 1. The maximum atomic E-state index is 11.9. The summed E-state index contributed by atoms with van der Waals surface area (Å²) < 4.78 is 0. The molecule has 0 bridgehead atoms. The summed E-state index contributed by atoms with van der Waals surface area (Å²) in [5, 5.41) is 4.64. The highest BCUT2D eigenvalue weighted by atomic mass is 32.2. The number of hydrogen-bond donors (Lipinski definition) is 2. The quantitative estimate of drug-likeness (QED) is 0.807. The Bertz CT molecular complexity index is 603. The molecule has 0 fully saturated rings. The van der Waals surface area contributed by atoms with E-state index < -0.39 is 0 Å². The molecule has 17 heavy (non-hydrogen) atoms. The smallest absolute Gasteiger partial charge is 0.257 e. The summed E-state index contributed by atoms with van der Waals surface area (Å²) in [6.45, 7) is 0.788. The van der Waals surface area contributed by atoms with E-state index in [2.05, 4.69) is 15.3 Å². The Morgan fingerprint density at radius 1 is 1.41 bits per heavy atom. The van der Waals surface area contributed by atoms with Gasteiger partial charge in [0.1, 0.15) is 0 Å².